The van der Waals surface area contributed by atoms with Gasteiger partial charge in [-0.05, 0) is 100 Å². The molecule has 0 heteroatoms. The van der Waals surface area contributed by atoms with Gasteiger partial charge in [0.15, 0.2) is 0 Å². The summed E-state index contributed by atoms with van der Waals surface area (Å²) in [4.78, 5) is 0. The van der Waals surface area contributed by atoms with Gasteiger partial charge in [0.1, 0.15) is 0 Å². The van der Waals surface area contributed by atoms with Gasteiger partial charge in [-0.1, -0.05) is 48.1 Å². The normalized spacial score (nSPS) is 30.4. The molecular formula is C25H36. The van der Waals surface area contributed by atoms with E-state index >= 15 is 0 Å². The highest BCUT2D eigenvalue weighted by Crippen LogP contribution is 2.37. The van der Waals surface area contributed by atoms with Crippen LogP contribution in [0.15, 0.2) is 49.1 Å². The second-order valence-corrected chi connectivity index (χ2v) is 8.55. The lowest BCUT2D eigenvalue weighted by Crippen LogP contribution is -2.14. The van der Waals surface area contributed by atoms with Gasteiger partial charge in [-0.2, -0.15) is 0 Å². The lowest BCUT2D eigenvalue weighted by molar-refractivity contribution is 0.295. The van der Waals surface area contributed by atoms with Gasteiger partial charge in [0.05, 0.1) is 0 Å². The molecule has 0 spiro atoms. The van der Waals surface area contributed by atoms with Crippen LogP contribution >= 0.6 is 0 Å². The summed E-state index contributed by atoms with van der Waals surface area (Å²) in [6, 6.07) is 9.24. The minimum atomic E-state index is 0.797. The Bertz CT molecular complexity index is 534. The van der Waals surface area contributed by atoms with Gasteiger partial charge in [-0.25, -0.2) is 0 Å². The Kier molecular flexibility index (Phi) is 6.96. The fraction of sp³-hybridized carbons (Fsp3) is 0.600. The van der Waals surface area contributed by atoms with E-state index in [1.807, 2.05) is 0 Å². The predicted octanol–water partition coefficient (Wildman–Crippen LogP) is 7.60. The molecular weight excluding hydrogens is 300 g/mol. The van der Waals surface area contributed by atoms with E-state index in [-0.39, 0.29) is 0 Å². The highest BCUT2D eigenvalue weighted by atomic mass is 14.3. The lowest BCUT2D eigenvalue weighted by atomic mass is 9.77. The highest BCUT2D eigenvalue weighted by molar-refractivity contribution is 5.25. The van der Waals surface area contributed by atoms with E-state index in [0.29, 0.717) is 0 Å². The molecule has 0 bridgehead atoms. The van der Waals surface area contributed by atoms with Crippen LogP contribution in [0.4, 0.5) is 0 Å². The molecule has 0 unspecified atom stereocenters. The van der Waals surface area contributed by atoms with E-state index in [9.17, 15) is 0 Å². The molecule has 0 radical (unpaired) electrons. The van der Waals surface area contributed by atoms with Crippen LogP contribution in [0.1, 0.15) is 81.3 Å². The molecule has 2 aliphatic carbocycles. The van der Waals surface area contributed by atoms with Crippen LogP contribution in [0.25, 0.3) is 0 Å². The van der Waals surface area contributed by atoms with E-state index < -0.39 is 0 Å². The first-order valence-electron chi connectivity index (χ1n) is 10.6. The molecule has 1 aromatic rings. The molecule has 136 valence electrons. The van der Waals surface area contributed by atoms with Crippen LogP contribution in [0.5, 0.6) is 0 Å². The second kappa shape index (κ2) is 9.41. The summed E-state index contributed by atoms with van der Waals surface area (Å²) in [5.41, 5.74) is 2.94. The highest BCUT2D eigenvalue weighted by Gasteiger charge is 2.22. The fourth-order valence-corrected chi connectivity index (χ4v) is 4.82. The Morgan fingerprint density at radius 3 is 1.96 bits per heavy atom. The molecule has 0 N–H and O–H groups in total. The number of hydrogen-bond donors (Lipinski definition) is 0. The number of benzene rings is 1. The zero-order chi connectivity index (χ0) is 17.5. The summed E-state index contributed by atoms with van der Waals surface area (Å²) in [6.45, 7) is 6.04. The largest absolute Gasteiger partial charge is 0.103 e. The monoisotopic (exact) mass is 336 g/mol. The molecule has 0 atom stereocenters. The van der Waals surface area contributed by atoms with E-state index in [4.69, 9.17) is 0 Å². The van der Waals surface area contributed by atoms with E-state index in [0.717, 1.165) is 23.7 Å². The maximum absolute atomic E-state index is 3.86. The van der Waals surface area contributed by atoms with Gasteiger partial charge in [-0.15, -0.1) is 6.58 Å². The average Bonchev–Trinajstić information content (AvgIpc) is 2.67. The third-order valence-corrected chi connectivity index (χ3v) is 6.65. The van der Waals surface area contributed by atoms with Crippen molar-refractivity contribution in [3.8, 4) is 0 Å². The smallest absolute Gasteiger partial charge is 0.0162 e. The van der Waals surface area contributed by atoms with Crippen molar-refractivity contribution in [2.75, 3.05) is 0 Å². The van der Waals surface area contributed by atoms with Crippen LogP contribution in [0.2, 0.25) is 0 Å². The first-order chi connectivity index (χ1) is 12.2. The summed E-state index contributed by atoms with van der Waals surface area (Å²) in [6.07, 6.45) is 21.0. The first-order valence-corrected chi connectivity index (χ1v) is 10.6. The zero-order valence-electron chi connectivity index (χ0n) is 16.1. The van der Waals surface area contributed by atoms with Crippen LogP contribution in [-0.2, 0) is 0 Å². The van der Waals surface area contributed by atoms with Crippen LogP contribution in [0, 0.1) is 24.7 Å². The van der Waals surface area contributed by atoms with Crippen LogP contribution < -0.4 is 0 Å². The summed E-state index contributed by atoms with van der Waals surface area (Å²) in [7, 11) is 0. The van der Waals surface area contributed by atoms with E-state index in [1.54, 1.807) is 5.56 Å². The Hall–Kier alpha value is -1.30. The van der Waals surface area contributed by atoms with Gasteiger partial charge in [0.2, 0.25) is 0 Å². The van der Waals surface area contributed by atoms with Crippen molar-refractivity contribution in [2.45, 2.75) is 77.0 Å². The van der Waals surface area contributed by atoms with Crippen molar-refractivity contribution < 1.29 is 0 Å². The average molecular weight is 337 g/mol. The summed E-state index contributed by atoms with van der Waals surface area (Å²) in [5, 5.41) is 0. The zero-order valence-corrected chi connectivity index (χ0v) is 16.1. The molecule has 0 nitrogen and oxygen atoms in total. The number of rotatable bonds is 6. The molecule has 2 saturated carbocycles. The number of allylic oxidation sites excluding steroid dienone is 3. The predicted molar refractivity (Wildman–Crippen MR) is 110 cm³/mol. The van der Waals surface area contributed by atoms with Crippen LogP contribution in [0.3, 0.4) is 0 Å². The Labute approximate surface area is 155 Å². The van der Waals surface area contributed by atoms with Crippen LogP contribution in [-0.4, -0.2) is 0 Å². The van der Waals surface area contributed by atoms with Crippen molar-refractivity contribution in [2.24, 2.45) is 17.8 Å². The van der Waals surface area contributed by atoms with Gasteiger partial charge < -0.3 is 0 Å². The standard InChI is InChI=1S/C25H36/c1-3-4-5-21-8-10-22(11-9-21)12-13-23-14-18-25(19-15-23)24-16-6-20(2)7-17-24/h3,6-7,12-13,16-17,21-23,25H,1,4-5,8-11,14-15,18-19H2,2H3/b13-12+. The fourth-order valence-electron chi connectivity index (χ4n) is 4.82. The van der Waals surface area contributed by atoms with Crippen molar-refractivity contribution >= 4 is 0 Å². The quantitative estimate of drug-likeness (QED) is 0.469. The second-order valence-electron chi connectivity index (χ2n) is 8.55. The molecule has 1 aromatic carbocycles. The first kappa shape index (κ1) is 18.5. The maximum atomic E-state index is 3.86. The van der Waals surface area contributed by atoms with Crippen molar-refractivity contribution in [3.63, 3.8) is 0 Å². The molecule has 0 aliphatic heterocycles. The molecule has 3 rings (SSSR count). The minimum Gasteiger partial charge on any atom is -0.103 e. The summed E-state index contributed by atoms with van der Waals surface area (Å²) < 4.78 is 0. The Morgan fingerprint density at radius 2 is 1.40 bits per heavy atom. The molecule has 25 heavy (non-hydrogen) atoms. The van der Waals surface area contributed by atoms with Crippen molar-refractivity contribution in [3.05, 3.63) is 60.2 Å². The number of aryl methyl sites for hydroxylation is 1. The topological polar surface area (TPSA) is 0 Å². The Balaban J connectivity index is 1.39. The molecule has 2 fully saturated rings. The van der Waals surface area contributed by atoms with Crippen molar-refractivity contribution in [1.29, 1.82) is 0 Å². The van der Waals surface area contributed by atoms with Gasteiger partial charge in [-0.3, -0.25) is 0 Å². The van der Waals surface area contributed by atoms with Gasteiger partial charge >= 0.3 is 0 Å². The van der Waals surface area contributed by atoms with Gasteiger partial charge in [0, 0.05) is 0 Å². The third-order valence-electron chi connectivity index (χ3n) is 6.65. The molecule has 2 aliphatic rings. The number of hydrogen-bond acceptors (Lipinski definition) is 0. The Morgan fingerprint density at radius 1 is 0.840 bits per heavy atom. The molecule has 0 amide bonds. The van der Waals surface area contributed by atoms with E-state index in [1.165, 1.54) is 69.8 Å². The van der Waals surface area contributed by atoms with Crippen molar-refractivity contribution in [1.82, 2.24) is 0 Å². The van der Waals surface area contributed by atoms with E-state index in [2.05, 4.69) is 56.0 Å². The van der Waals surface area contributed by atoms with Gasteiger partial charge in [0.25, 0.3) is 0 Å². The SMILES string of the molecule is C=CCCC1CCC(/C=C/C2CCC(c3ccc(C)cc3)CC2)CC1. The molecule has 0 aromatic heterocycles. The third kappa shape index (κ3) is 5.59. The maximum Gasteiger partial charge on any atom is -0.0162 e. The molecule has 0 heterocycles. The summed E-state index contributed by atoms with van der Waals surface area (Å²) in [5.74, 6) is 3.45. The minimum absolute atomic E-state index is 0.797. The summed E-state index contributed by atoms with van der Waals surface area (Å²) >= 11 is 0. The lowest BCUT2D eigenvalue weighted by Gasteiger charge is -2.29. The molecule has 0 saturated heterocycles.